The highest BCUT2D eigenvalue weighted by molar-refractivity contribution is 6.17. The van der Waals surface area contributed by atoms with Gasteiger partial charge in [-0.05, 0) is 35.9 Å². The third-order valence-corrected chi connectivity index (χ3v) is 3.61. The van der Waals surface area contributed by atoms with Crippen LogP contribution in [0.1, 0.15) is 5.56 Å². The van der Waals surface area contributed by atoms with E-state index in [1.807, 2.05) is 0 Å². The molecule has 4 rings (SSSR count). The van der Waals surface area contributed by atoms with Crippen LogP contribution in [0, 0.1) is 5.82 Å². The number of fused-ring (bicyclic) bond motifs is 1. The van der Waals surface area contributed by atoms with Crippen molar-refractivity contribution in [3.63, 3.8) is 0 Å². The minimum atomic E-state index is -0.772. The number of aliphatic imine (C=N–C) groups is 1. The summed E-state index contributed by atoms with van der Waals surface area (Å²) in [6.07, 6.45) is 1.60. The van der Waals surface area contributed by atoms with Gasteiger partial charge in [0, 0.05) is 11.8 Å². The normalized spacial score (nSPS) is 16.8. The number of phenolic OH excluding ortho intramolecular Hbond substituents is 1. The molecule has 0 aliphatic carbocycles. The number of phenols is 1. The van der Waals surface area contributed by atoms with E-state index in [0.29, 0.717) is 17.2 Å². The molecule has 0 spiro atoms. The molecule has 2 aromatic carbocycles. The van der Waals surface area contributed by atoms with Gasteiger partial charge < -0.3 is 19.9 Å². The van der Waals surface area contributed by atoms with Gasteiger partial charge in [0.05, 0.1) is 0 Å². The molecular weight excluding hydrogens is 329 g/mol. The third kappa shape index (κ3) is 2.97. The number of nitrogens with one attached hydrogen (secondary N) is 2. The highest BCUT2D eigenvalue weighted by Gasteiger charge is 2.21. The molecule has 1 amide bonds. The number of ether oxygens (including phenoxy) is 2. The molecule has 3 N–H and O–H groups in total. The second-order valence-corrected chi connectivity index (χ2v) is 5.35. The van der Waals surface area contributed by atoms with Gasteiger partial charge in [0.25, 0.3) is 5.91 Å². The maximum atomic E-state index is 13.4. The van der Waals surface area contributed by atoms with E-state index in [2.05, 4.69) is 15.6 Å². The fourth-order valence-electron chi connectivity index (χ4n) is 2.41. The summed E-state index contributed by atoms with van der Waals surface area (Å²) in [5.74, 6) is -0.188. The first-order valence-electron chi connectivity index (χ1n) is 7.35. The van der Waals surface area contributed by atoms with Gasteiger partial charge in [0.2, 0.25) is 12.8 Å². The van der Waals surface area contributed by atoms with Gasteiger partial charge in [-0.3, -0.25) is 10.1 Å². The summed E-state index contributed by atoms with van der Waals surface area (Å²) in [5, 5.41) is 14.5. The molecule has 126 valence electrons. The molecule has 0 radical (unpaired) electrons. The van der Waals surface area contributed by atoms with Gasteiger partial charge in [-0.1, -0.05) is 6.07 Å². The Morgan fingerprint density at radius 3 is 2.88 bits per heavy atom. The Hall–Kier alpha value is -3.55. The lowest BCUT2D eigenvalue weighted by atomic mass is 10.1. The first-order valence-corrected chi connectivity index (χ1v) is 7.35. The molecule has 0 bridgehead atoms. The third-order valence-electron chi connectivity index (χ3n) is 3.61. The highest BCUT2D eigenvalue weighted by atomic mass is 19.1. The number of aromatic hydroxyl groups is 1. The van der Waals surface area contributed by atoms with E-state index < -0.39 is 11.6 Å². The highest BCUT2D eigenvalue weighted by Crippen LogP contribution is 2.33. The zero-order chi connectivity index (χ0) is 17.4. The molecule has 0 aromatic heterocycles. The van der Waals surface area contributed by atoms with Crippen molar-refractivity contribution in [3.8, 4) is 17.2 Å². The Kier molecular flexibility index (Phi) is 3.50. The van der Waals surface area contributed by atoms with Crippen molar-refractivity contribution in [2.24, 2.45) is 4.99 Å². The van der Waals surface area contributed by atoms with Gasteiger partial charge in [-0.2, -0.15) is 0 Å². The average molecular weight is 341 g/mol. The summed E-state index contributed by atoms with van der Waals surface area (Å²) in [6, 6.07) is 9.06. The summed E-state index contributed by atoms with van der Waals surface area (Å²) in [6.45, 7) is 0.172. The van der Waals surface area contributed by atoms with Gasteiger partial charge >= 0.3 is 0 Å². The second-order valence-electron chi connectivity index (χ2n) is 5.35. The lowest BCUT2D eigenvalue weighted by molar-refractivity contribution is -0.115. The topological polar surface area (TPSA) is 92.2 Å². The fourth-order valence-corrected chi connectivity index (χ4v) is 2.41. The summed E-state index contributed by atoms with van der Waals surface area (Å²) in [7, 11) is 0. The minimum absolute atomic E-state index is 0.169. The Balaban J connectivity index is 1.56. The second kappa shape index (κ2) is 5.82. The molecular formula is C17H12FN3O4. The van der Waals surface area contributed by atoms with Crippen LogP contribution in [0.5, 0.6) is 17.2 Å². The number of guanidine groups is 1. The minimum Gasteiger partial charge on any atom is -0.505 e. The van der Waals surface area contributed by atoms with E-state index in [-0.39, 0.29) is 24.4 Å². The van der Waals surface area contributed by atoms with Crippen LogP contribution in [0.3, 0.4) is 0 Å². The van der Waals surface area contributed by atoms with Gasteiger partial charge in [0.1, 0.15) is 5.70 Å². The number of benzene rings is 2. The SMILES string of the molecule is O=C1NC(Nc2ccc(O)c(F)c2)=N/C1=C\c1ccc2c(c1)OCO2. The monoisotopic (exact) mass is 341 g/mol. The van der Waals surface area contributed by atoms with E-state index in [1.165, 1.54) is 12.1 Å². The molecule has 2 heterocycles. The van der Waals surface area contributed by atoms with Crippen molar-refractivity contribution < 1.29 is 23.8 Å². The molecule has 7 nitrogen and oxygen atoms in total. The Labute approximate surface area is 141 Å². The van der Waals surface area contributed by atoms with Crippen LogP contribution in [0.4, 0.5) is 10.1 Å². The molecule has 25 heavy (non-hydrogen) atoms. The molecule has 0 atom stereocenters. The Bertz CT molecular complexity index is 939. The first kappa shape index (κ1) is 15.0. The molecule has 2 aliphatic heterocycles. The largest absolute Gasteiger partial charge is 0.505 e. The quantitative estimate of drug-likeness (QED) is 0.575. The van der Waals surface area contributed by atoms with Crippen LogP contribution in [-0.4, -0.2) is 23.8 Å². The van der Waals surface area contributed by atoms with Crippen molar-refractivity contribution >= 4 is 23.6 Å². The number of rotatable bonds is 2. The number of hydrogen-bond acceptors (Lipinski definition) is 6. The Morgan fingerprint density at radius 2 is 2.04 bits per heavy atom. The van der Waals surface area contributed by atoms with Crippen LogP contribution in [0.2, 0.25) is 0 Å². The van der Waals surface area contributed by atoms with Crippen LogP contribution in [0.15, 0.2) is 47.1 Å². The van der Waals surface area contributed by atoms with Crippen LogP contribution >= 0.6 is 0 Å². The predicted molar refractivity (Wildman–Crippen MR) is 87.8 cm³/mol. The van der Waals surface area contributed by atoms with Gasteiger partial charge in [-0.15, -0.1) is 0 Å². The summed E-state index contributed by atoms with van der Waals surface area (Å²) < 4.78 is 23.9. The molecule has 0 saturated carbocycles. The molecule has 0 fully saturated rings. The molecule has 2 aromatic rings. The fraction of sp³-hybridized carbons (Fsp3) is 0.0588. The number of anilines is 1. The summed E-state index contributed by atoms with van der Waals surface area (Å²) in [4.78, 5) is 16.2. The molecule has 0 saturated heterocycles. The van der Waals surface area contributed by atoms with Crippen molar-refractivity contribution in [2.75, 3.05) is 12.1 Å². The average Bonchev–Trinajstić information content (AvgIpc) is 3.17. The zero-order valence-corrected chi connectivity index (χ0v) is 12.7. The first-order chi connectivity index (χ1) is 12.1. The standard InChI is InChI=1S/C17H12FN3O4/c18-11-7-10(2-3-13(11)22)19-17-20-12(16(23)21-17)5-9-1-4-14-15(6-9)25-8-24-14/h1-7,22H,8H2,(H2,19,20,21,23)/b12-5-. The smallest absolute Gasteiger partial charge is 0.276 e. The van der Waals surface area contributed by atoms with E-state index in [4.69, 9.17) is 9.47 Å². The lowest BCUT2D eigenvalue weighted by Gasteiger charge is -2.05. The molecule has 0 unspecified atom stereocenters. The van der Waals surface area contributed by atoms with Crippen molar-refractivity contribution in [1.29, 1.82) is 0 Å². The van der Waals surface area contributed by atoms with Crippen molar-refractivity contribution in [2.45, 2.75) is 0 Å². The number of hydrogen-bond donors (Lipinski definition) is 3. The summed E-state index contributed by atoms with van der Waals surface area (Å²) in [5.41, 5.74) is 1.27. The van der Waals surface area contributed by atoms with Crippen molar-refractivity contribution in [3.05, 3.63) is 53.5 Å². The Morgan fingerprint density at radius 1 is 1.20 bits per heavy atom. The van der Waals surface area contributed by atoms with E-state index in [9.17, 15) is 14.3 Å². The van der Waals surface area contributed by atoms with Crippen LogP contribution in [-0.2, 0) is 4.79 Å². The van der Waals surface area contributed by atoms with Crippen molar-refractivity contribution in [1.82, 2.24) is 5.32 Å². The number of halogens is 1. The van der Waals surface area contributed by atoms with Crippen LogP contribution in [0.25, 0.3) is 6.08 Å². The van der Waals surface area contributed by atoms with E-state index >= 15 is 0 Å². The van der Waals surface area contributed by atoms with E-state index in [0.717, 1.165) is 11.6 Å². The number of nitrogens with zero attached hydrogens (tertiary/aromatic N) is 1. The predicted octanol–water partition coefficient (Wildman–Crippen LogP) is 2.20. The molecule has 8 heteroatoms. The van der Waals surface area contributed by atoms with E-state index in [1.54, 1.807) is 24.3 Å². The lowest BCUT2D eigenvalue weighted by Crippen LogP contribution is -2.29. The van der Waals surface area contributed by atoms with Gasteiger partial charge in [-0.25, -0.2) is 9.38 Å². The number of amides is 1. The zero-order valence-electron chi connectivity index (χ0n) is 12.7. The summed E-state index contributed by atoms with van der Waals surface area (Å²) >= 11 is 0. The van der Waals surface area contributed by atoms with Crippen LogP contribution < -0.4 is 20.1 Å². The van der Waals surface area contributed by atoms with Gasteiger partial charge in [0.15, 0.2) is 23.1 Å². The number of carbonyl (C=O) groups excluding carboxylic acids is 1. The maximum absolute atomic E-state index is 13.4. The maximum Gasteiger partial charge on any atom is 0.276 e. The number of carbonyl (C=O) groups is 1. The molecule has 2 aliphatic rings.